The highest BCUT2D eigenvalue weighted by molar-refractivity contribution is 5.87. The second kappa shape index (κ2) is 6.37. The number of hydrogen-bond donors (Lipinski definition) is 1. The summed E-state index contributed by atoms with van der Waals surface area (Å²) in [6.07, 6.45) is 0. The van der Waals surface area contributed by atoms with E-state index in [1.54, 1.807) is 12.1 Å². The lowest BCUT2D eigenvalue weighted by atomic mass is 10.0. The first kappa shape index (κ1) is 15.0. The van der Waals surface area contributed by atoms with Gasteiger partial charge in [0.1, 0.15) is 0 Å². The van der Waals surface area contributed by atoms with Gasteiger partial charge in [-0.1, -0.05) is 6.07 Å². The van der Waals surface area contributed by atoms with E-state index in [1.165, 1.54) is 5.56 Å². The third-order valence-corrected chi connectivity index (χ3v) is 4.12. The number of aromatic carboxylic acids is 1. The second-order valence-electron chi connectivity index (χ2n) is 5.85. The summed E-state index contributed by atoms with van der Waals surface area (Å²) in [5, 5.41) is 8.99. The molecule has 1 heterocycles. The van der Waals surface area contributed by atoms with Crippen molar-refractivity contribution in [3.63, 3.8) is 0 Å². The van der Waals surface area contributed by atoms with Crippen LogP contribution in [0.2, 0.25) is 0 Å². The van der Waals surface area contributed by atoms with Gasteiger partial charge < -0.3 is 5.11 Å². The molecule has 1 aromatic carbocycles. The van der Waals surface area contributed by atoms with Crippen LogP contribution < -0.4 is 0 Å². The monoisotopic (exact) mass is 276 g/mol. The first-order valence-corrected chi connectivity index (χ1v) is 7.26. The molecule has 0 amide bonds. The maximum atomic E-state index is 10.9. The molecule has 4 nitrogen and oxygen atoms in total. The van der Waals surface area contributed by atoms with Gasteiger partial charge in [0.25, 0.3) is 0 Å². The van der Waals surface area contributed by atoms with Crippen LogP contribution in [-0.2, 0) is 6.54 Å². The lowest BCUT2D eigenvalue weighted by molar-refractivity contribution is 0.0696. The fourth-order valence-corrected chi connectivity index (χ4v) is 2.69. The highest BCUT2D eigenvalue weighted by Crippen LogP contribution is 2.15. The van der Waals surface area contributed by atoms with Crippen LogP contribution in [0.25, 0.3) is 0 Å². The quantitative estimate of drug-likeness (QED) is 0.916. The number of carboxylic acid groups (broad SMARTS) is 1. The fourth-order valence-electron chi connectivity index (χ4n) is 2.69. The summed E-state index contributed by atoms with van der Waals surface area (Å²) in [5.74, 6) is -0.856. The van der Waals surface area contributed by atoms with Gasteiger partial charge in [0.2, 0.25) is 0 Å². The van der Waals surface area contributed by atoms with Crippen molar-refractivity contribution in [1.82, 2.24) is 9.80 Å². The molecule has 0 unspecified atom stereocenters. The van der Waals surface area contributed by atoms with Crippen LogP contribution in [0.15, 0.2) is 18.2 Å². The van der Waals surface area contributed by atoms with Crippen LogP contribution in [-0.4, -0.2) is 53.1 Å². The van der Waals surface area contributed by atoms with E-state index in [2.05, 4.69) is 23.6 Å². The van der Waals surface area contributed by atoms with Gasteiger partial charge in [-0.05, 0) is 44.0 Å². The Morgan fingerprint density at radius 1 is 1.25 bits per heavy atom. The summed E-state index contributed by atoms with van der Waals surface area (Å²) < 4.78 is 0. The maximum absolute atomic E-state index is 10.9. The minimum atomic E-state index is -0.856. The summed E-state index contributed by atoms with van der Waals surface area (Å²) >= 11 is 0. The normalized spacial score (nSPS) is 17.6. The van der Waals surface area contributed by atoms with E-state index in [0.717, 1.165) is 38.3 Å². The molecule has 0 atom stereocenters. The third-order valence-electron chi connectivity index (χ3n) is 4.12. The number of nitrogens with zero attached hydrogens (tertiary/aromatic N) is 2. The van der Waals surface area contributed by atoms with Crippen molar-refractivity contribution in [3.8, 4) is 0 Å². The van der Waals surface area contributed by atoms with Gasteiger partial charge >= 0.3 is 5.97 Å². The van der Waals surface area contributed by atoms with Gasteiger partial charge in [-0.2, -0.15) is 0 Å². The van der Waals surface area contributed by atoms with Gasteiger partial charge in [-0.25, -0.2) is 4.79 Å². The Hall–Kier alpha value is -1.39. The summed E-state index contributed by atoms with van der Waals surface area (Å²) in [4.78, 5) is 15.9. The lowest BCUT2D eigenvalue weighted by Gasteiger charge is -2.37. The molecule has 4 heteroatoms. The Labute approximate surface area is 121 Å². The van der Waals surface area contributed by atoms with E-state index in [9.17, 15) is 4.79 Å². The molecule has 1 N–H and O–H groups in total. The van der Waals surface area contributed by atoms with Crippen molar-refractivity contribution in [3.05, 3.63) is 34.9 Å². The van der Waals surface area contributed by atoms with Crippen LogP contribution in [0, 0.1) is 6.92 Å². The molecule has 0 spiro atoms. The van der Waals surface area contributed by atoms with E-state index in [4.69, 9.17) is 5.11 Å². The Morgan fingerprint density at radius 2 is 1.90 bits per heavy atom. The van der Waals surface area contributed by atoms with Crippen molar-refractivity contribution < 1.29 is 9.90 Å². The largest absolute Gasteiger partial charge is 0.478 e. The smallest absolute Gasteiger partial charge is 0.335 e. The van der Waals surface area contributed by atoms with Crippen molar-refractivity contribution >= 4 is 5.97 Å². The van der Waals surface area contributed by atoms with Crippen LogP contribution >= 0.6 is 0 Å². The van der Waals surface area contributed by atoms with E-state index in [-0.39, 0.29) is 0 Å². The number of benzene rings is 1. The molecule has 1 aliphatic heterocycles. The number of hydrogen-bond acceptors (Lipinski definition) is 3. The number of carbonyl (C=O) groups is 1. The molecule has 0 aromatic heterocycles. The number of rotatable bonds is 4. The highest BCUT2D eigenvalue weighted by Gasteiger charge is 2.19. The number of piperazine rings is 1. The van der Waals surface area contributed by atoms with Crippen LogP contribution in [0.4, 0.5) is 0 Å². The molecule has 1 aromatic rings. The maximum Gasteiger partial charge on any atom is 0.335 e. The zero-order chi connectivity index (χ0) is 14.7. The molecular formula is C16H24N2O2. The molecule has 0 aliphatic carbocycles. The molecule has 2 rings (SSSR count). The van der Waals surface area contributed by atoms with Gasteiger partial charge in [-0.15, -0.1) is 0 Å². The average Bonchev–Trinajstić information content (AvgIpc) is 2.41. The standard InChI is InChI=1S/C16H24N2O2/c1-12(2)18-8-6-17(7-9-18)11-15-5-4-14(16(19)20)10-13(15)3/h4-5,10,12H,6-9,11H2,1-3H3,(H,19,20). The molecular weight excluding hydrogens is 252 g/mol. The Balaban J connectivity index is 1.96. The first-order chi connectivity index (χ1) is 9.47. The Morgan fingerprint density at radius 3 is 2.40 bits per heavy atom. The van der Waals surface area contributed by atoms with Crippen molar-refractivity contribution in [1.29, 1.82) is 0 Å². The van der Waals surface area contributed by atoms with Crippen LogP contribution in [0.3, 0.4) is 0 Å². The lowest BCUT2D eigenvalue weighted by Crippen LogP contribution is -2.48. The molecule has 20 heavy (non-hydrogen) atoms. The molecule has 1 aliphatic rings. The molecule has 0 bridgehead atoms. The zero-order valence-electron chi connectivity index (χ0n) is 12.6. The van der Waals surface area contributed by atoms with E-state index in [1.807, 2.05) is 13.0 Å². The minimum Gasteiger partial charge on any atom is -0.478 e. The van der Waals surface area contributed by atoms with Gasteiger partial charge in [-0.3, -0.25) is 9.80 Å². The van der Waals surface area contributed by atoms with E-state index in [0.29, 0.717) is 11.6 Å². The van der Waals surface area contributed by atoms with Crippen LogP contribution in [0.1, 0.15) is 35.3 Å². The summed E-state index contributed by atoms with van der Waals surface area (Å²) in [7, 11) is 0. The summed E-state index contributed by atoms with van der Waals surface area (Å²) in [5.41, 5.74) is 2.67. The fraction of sp³-hybridized carbons (Fsp3) is 0.562. The molecule has 1 fully saturated rings. The Kier molecular flexibility index (Phi) is 4.78. The third kappa shape index (κ3) is 3.58. The van der Waals surface area contributed by atoms with Crippen molar-refractivity contribution in [2.24, 2.45) is 0 Å². The molecule has 0 saturated carbocycles. The van der Waals surface area contributed by atoms with Crippen molar-refractivity contribution in [2.45, 2.75) is 33.4 Å². The predicted octanol–water partition coefficient (Wildman–Crippen LogP) is 2.22. The topological polar surface area (TPSA) is 43.8 Å². The number of carboxylic acids is 1. The zero-order valence-corrected chi connectivity index (χ0v) is 12.6. The summed E-state index contributed by atoms with van der Waals surface area (Å²) in [6.45, 7) is 11.8. The van der Waals surface area contributed by atoms with Gasteiger partial charge in [0.15, 0.2) is 0 Å². The second-order valence-corrected chi connectivity index (χ2v) is 5.85. The Bertz CT molecular complexity index is 477. The average molecular weight is 276 g/mol. The molecule has 0 radical (unpaired) electrons. The van der Waals surface area contributed by atoms with Crippen LogP contribution in [0.5, 0.6) is 0 Å². The first-order valence-electron chi connectivity index (χ1n) is 7.26. The van der Waals surface area contributed by atoms with Crippen molar-refractivity contribution in [2.75, 3.05) is 26.2 Å². The van der Waals surface area contributed by atoms with Gasteiger partial charge in [0, 0.05) is 38.8 Å². The van der Waals surface area contributed by atoms with E-state index >= 15 is 0 Å². The van der Waals surface area contributed by atoms with Gasteiger partial charge in [0.05, 0.1) is 5.56 Å². The SMILES string of the molecule is Cc1cc(C(=O)O)ccc1CN1CCN(C(C)C)CC1. The molecule has 110 valence electrons. The highest BCUT2D eigenvalue weighted by atomic mass is 16.4. The number of aryl methyl sites for hydroxylation is 1. The molecule has 1 saturated heterocycles. The summed E-state index contributed by atoms with van der Waals surface area (Å²) in [6, 6.07) is 6.04. The minimum absolute atomic E-state index is 0.371. The predicted molar refractivity (Wildman–Crippen MR) is 80.1 cm³/mol. The van der Waals surface area contributed by atoms with E-state index < -0.39 is 5.97 Å².